The maximum atomic E-state index is 11.9. The molecule has 0 aliphatic carbocycles. The maximum Gasteiger partial charge on any atom is 0.348 e. The predicted octanol–water partition coefficient (Wildman–Crippen LogP) is 2.30. The molecule has 2 aromatic rings. The van der Waals surface area contributed by atoms with Crippen LogP contribution in [0.1, 0.15) is 12.6 Å². The molecule has 0 amide bonds. The van der Waals surface area contributed by atoms with Gasteiger partial charge >= 0.3 is 5.69 Å². The Morgan fingerprint density at radius 2 is 1.84 bits per heavy atom. The summed E-state index contributed by atoms with van der Waals surface area (Å²) in [4.78, 5) is 17.9. The van der Waals surface area contributed by atoms with Crippen molar-refractivity contribution in [1.29, 1.82) is 0 Å². The Morgan fingerprint density at radius 3 is 2.37 bits per heavy atom. The number of nitrogens with zero attached hydrogens (tertiary/aromatic N) is 3. The SMILES string of the molecule is CCn1c(-c2ccc(N(C)C)cc2)cc(C)nc1=O. The van der Waals surface area contributed by atoms with Gasteiger partial charge in [-0.15, -0.1) is 0 Å². The van der Waals surface area contributed by atoms with E-state index in [-0.39, 0.29) is 5.69 Å². The van der Waals surface area contributed by atoms with Gasteiger partial charge in [0.1, 0.15) is 0 Å². The normalized spacial score (nSPS) is 10.5. The van der Waals surface area contributed by atoms with Crippen LogP contribution >= 0.6 is 0 Å². The Bertz CT molecular complexity index is 627. The molecule has 0 fully saturated rings. The summed E-state index contributed by atoms with van der Waals surface area (Å²) in [6.07, 6.45) is 0. The smallest absolute Gasteiger partial charge is 0.348 e. The first-order valence-corrected chi connectivity index (χ1v) is 6.39. The van der Waals surface area contributed by atoms with Gasteiger partial charge in [-0.2, -0.15) is 4.98 Å². The van der Waals surface area contributed by atoms with Crippen LogP contribution in [0.15, 0.2) is 35.1 Å². The summed E-state index contributed by atoms with van der Waals surface area (Å²) in [6.45, 7) is 4.42. The van der Waals surface area contributed by atoms with E-state index in [2.05, 4.69) is 22.0 Å². The van der Waals surface area contributed by atoms with E-state index in [9.17, 15) is 4.79 Å². The van der Waals surface area contributed by atoms with Gasteiger partial charge in [-0.05, 0) is 37.6 Å². The van der Waals surface area contributed by atoms with Gasteiger partial charge in [0.25, 0.3) is 0 Å². The Balaban J connectivity index is 2.55. The van der Waals surface area contributed by atoms with Crippen LogP contribution in [0.3, 0.4) is 0 Å². The van der Waals surface area contributed by atoms with Gasteiger partial charge in [0, 0.05) is 32.0 Å². The highest BCUT2D eigenvalue weighted by Gasteiger charge is 2.07. The van der Waals surface area contributed by atoms with Crippen molar-refractivity contribution in [3.63, 3.8) is 0 Å². The molecule has 100 valence electrons. The number of benzene rings is 1. The lowest BCUT2D eigenvalue weighted by Gasteiger charge is -2.14. The second kappa shape index (κ2) is 5.26. The molecule has 0 spiro atoms. The molecule has 1 heterocycles. The van der Waals surface area contributed by atoms with Crippen molar-refractivity contribution in [2.75, 3.05) is 19.0 Å². The van der Waals surface area contributed by atoms with Gasteiger partial charge in [-0.3, -0.25) is 4.57 Å². The van der Waals surface area contributed by atoms with Gasteiger partial charge < -0.3 is 4.90 Å². The largest absolute Gasteiger partial charge is 0.378 e. The minimum Gasteiger partial charge on any atom is -0.378 e. The third-order valence-electron chi connectivity index (χ3n) is 3.13. The lowest BCUT2D eigenvalue weighted by molar-refractivity contribution is 0.702. The van der Waals surface area contributed by atoms with Crippen LogP contribution in [0.5, 0.6) is 0 Å². The van der Waals surface area contributed by atoms with Crippen molar-refractivity contribution in [3.8, 4) is 11.3 Å². The Morgan fingerprint density at radius 1 is 1.21 bits per heavy atom. The molecule has 1 aromatic carbocycles. The van der Waals surface area contributed by atoms with Gasteiger partial charge in [0.05, 0.1) is 5.69 Å². The predicted molar refractivity (Wildman–Crippen MR) is 78.7 cm³/mol. The summed E-state index contributed by atoms with van der Waals surface area (Å²) in [6, 6.07) is 10.1. The highest BCUT2D eigenvalue weighted by Crippen LogP contribution is 2.21. The van der Waals surface area contributed by atoms with Crippen molar-refractivity contribution in [3.05, 3.63) is 46.5 Å². The van der Waals surface area contributed by atoms with E-state index in [1.165, 1.54) is 0 Å². The first-order chi connectivity index (χ1) is 9.02. The molecule has 1 aromatic heterocycles. The molecule has 0 N–H and O–H groups in total. The van der Waals surface area contributed by atoms with E-state index >= 15 is 0 Å². The molecule has 0 unspecified atom stereocenters. The van der Waals surface area contributed by atoms with Gasteiger partial charge in [0.2, 0.25) is 0 Å². The lowest BCUT2D eigenvalue weighted by atomic mass is 10.1. The summed E-state index contributed by atoms with van der Waals surface area (Å²) in [5, 5.41) is 0. The first kappa shape index (κ1) is 13.3. The number of anilines is 1. The molecule has 0 saturated carbocycles. The van der Waals surface area contributed by atoms with Crippen molar-refractivity contribution >= 4 is 5.69 Å². The number of hydrogen-bond acceptors (Lipinski definition) is 3. The Hall–Kier alpha value is -2.10. The molecule has 2 rings (SSSR count). The third kappa shape index (κ3) is 2.67. The fourth-order valence-corrected chi connectivity index (χ4v) is 2.10. The van der Waals surface area contributed by atoms with Crippen LogP contribution in [-0.2, 0) is 6.54 Å². The fraction of sp³-hybridized carbons (Fsp3) is 0.333. The van der Waals surface area contributed by atoms with Crippen molar-refractivity contribution in [2.45, 2.75) is 20.4 Å². The average molecular weight is 257 g/mol. The van der Waals surface area contributed by atoms with Crippen LogP contribution in [0, 0.1) is 6.92 Å². The summed E-state index contributed by atoms with van der Waals surface area (Å²) in [5.41, 5.74) is 3.66. The zero-order chi connectivity index (χ0) is 14.0. The summed E-state index contributed by atoms with van der Waals surface area (Å²) < 4.78 is 1.69. The van der Waals surface area contributed by atoms with Crippen molar-refractivity contribution in [2.24, 2.45) is 0 Å². The average Bonchev–Trinajstić information content (AvgIpc) is 2.38. The molecule has 19 heavy (non-hydrogen) atoms. The van der Waals surface area contributed by atoms with Crippen LogP contribution in [-0.4, -0.2) is 23.6 Å². The van der Waals surface area contributed by atoms with Crippen LogP contribution < -0.4 is 10.6 Å². The minimum absolute atomic E-state index is 0.186. The maximum absolute atomic E-state index is 11.9. The second-order valence-corrected chi connectivity index (χ2v) is 4.75. The highest BCUT2D eigenvalue weighted by molar-refractivity contribution is 5.63. The number of rotatable bonds is 3. The van der Waals surface area contributed by atoms with Crippen LogP contribution in [0.4, 0.5) is 5.69 Å². The topological polar surface area (TPSA) is 38.1 Å². The zero-order valence-electron chi connectivity index (χ0n) is 11.8. The molecule has 0 bridgehead atoms. The van der Waals surface area contributed by atoms with Gasteiger partial charge in [-0.25, -0.2) is 4.79 Å². The molecule has 0 aliphatic heterocycles. The molecular formula is C15H19N3O. The molecule has 4 heteroatoms. The van der Waals surface area contributed by atoms with E-state index in [0.29, 0.717) is 6.54 Å². The van der Waals surface area contributed by atoms with Crippen molar-refractivity contribution in [1.82, 2.24) is 9.55 Å². The Kier molecular flexibility index (Phi) is 3.69. The second-order valence-electron chi connectivity index (χ2n) is 4.75. The monoisotopic (exact) mass is 257 g/mol. The highest BCUT2D eigenvalue weighted by atomic mass is 16.1. The van der Waals surface area contributed by atoms with E-state index in [1.807, 2.05) is 46.1 Å². The quantitative estimate of drug-likeness (QED) is 0.847. The van der Waals surface area contributed by atoms with E-state index in [0.717, 1.165) is 22.6 Å². The minimum atomic E-state index is -0.186. The summed E-state index contributed by atoms with van der Waals surface area (Å²) in [5.74, 6) is 0. The van der Waals surface area contributed by atoms with E-state index in [4.69, 9.17) is 0 Å². The lowest BCUT2D eigenvalue weighted by Crippen LogP contribution is -2.24. The van der Waals surface area contributed by atoms with E-state index in [1.54, 1.807) is 4.57 Å². The number of aromatic nitrogens is 2. The molecule has 0 aliphatic rings. The first-order valence-electron chi connectivity index (χ1n) is 6.39. The van der Waals surface area contributed by atoms with Gasteiger partial charge in [-0.1, -0.05) is 12.1 Å². The van der Waals surface area contributed by atoms with Crippen molar-refractivity contribution < 1.29 is 0 Å². The molecule has 0 atom stereocenters. The number of hydrogen-bond donors (Lipinski definition) is 0. The third-order valence-corrected chi connectivity index (χ3v) is 3.13. The molecular weight excluding hydrogens is 238 g/mol. The summed E-state index contributed by atoms with van der Waals surface area (Å²) in [7, 11) is 4.02. The Labute approximate surface area is 113 Å². The summed E-state index contributed by atoms with van der Waals surface area (Å²) >= 11 is 0. The molecule has 0 radical (unpaired) electrons. The molecule has 0 saturated heterocycles. The van der Waals surface area contributed by atoms with Crippen LogP contribution in [0.25, 0.3) is 11.3 Å². The van der Waals surface area contributed by atoms with Gasteiger partial charge in [0.15, 0.2) is 0 Å². The standard InChI is InChI=1S/C15H19N3O/c1-5-18-14(10-11(2)16-15(18)19)12-6-8-13(9-7-12)17(3)4/h6-10H,5H2,1-4H3. The number of aryl methyl sites for hydroxylation is 1. The zero-order valence-corrected chi connectivity index (χ0v) is 11.8. The van der Waals surface area contributed by atoms with E-state index < -0.39 is 0 Å². The van der Waals surface area contributed by atoms with Crippen LogP contribution in [0.2, 0.25) is 0 Å². The molecule has 4 nitrogen and oxygen atoms in total. The fourth-order valence-electron chi connectivity index (χ4n) is 2.10.